The van der Waals surface area contributed by atoms with Crippen molar-refractivity contribution in [3.63, 3.8) is 0 Å². The van der Waals surface area contributed by atoms with Gasteiger partial charge in [-0.3, -0.25) is 0 Å². The number of allylic oxidation sites excluding steroid dienone is 2. The lowest BCUT2D eigenvalue weighted by atomic mass is 10.1. The van der Waals surface area contributed by atoms with E-state index >= 15 is 0 Å². The summed E-state index contributed by atoms with van der Waals surface area (Å²) in [5, 5.41) is 3.44. The number of hydrogen-bond acceptors (Lipinski definition) is 2. The van der Waals surface area contributed by atoms with Crippen molar-refractivity contribution in [3.05, 3.63) is 24.3 Å². The van der Waals surface area contributed by atoms with Gasteiger partial charge in [0.25, 0.3) is 0 Å². The molecule has 1 rings (SSSR count). The fourth-order valence-electron chi connectivity index (χ4n) is 2.01. The molecule has 0 aromatic carbocycles. The lowest BCUT2D eigenvalue weighted by Gasteiger charge is -2.19. The summed E-state index contributed by atoms with van der Waals surface area (Å²) in [6, 6.07) is 0. The van der Waals surface area contributed by atoms with Crippen molar-refractivity contribution >= 4 is 0 Å². The molecule has 0 radical (unpaired) electrons. The van der Waals surface area contributed by atoms with E-state index in [0.29, 0.717) is 0 Å². The molecule has 2 nitrogen and oxygen atoms in total. The molecule has 0 bridgehead atoms. The summed E-state index contributed by atoms with van der Waals surface area (Å²) in [7, 11) is 0. The molecule has 0 saturated carbocycles. The van der Waals surface area contributed by atoms with E-state index in [4.69, 9.17) is 0 Å². The number of nitrogens with one attached hydrogen (secondary N) is 1. The van der Waals surface area contributed by atoms with Crippen LogP contribution in [0.3, 0.4) is 0 Å². The molecule has 16 heavy (non-hydrogen) atoms. The third-order valence-corrected chi connectivity index (χ3v) is 3.12. The number of rotatable bonds is 6. The van der Waals surface area contributed by atoms with E-state index in [9.17, 15) is 0 Å². The van der Waals surface area contributed by atoms with E-state index in [2.05, 4.69) is 29.8 Å². The van der Waals surface area contributed by atoms with Gasteiger partial charge in [0.1, 0.15) is 0 Å². The standard InChI is InChI=1S/C14H26N2/c1-3-4-5-7-14(2)8-12-16-11-6-9-15-10-13-16/h3,7,15H,1,4-6,8-13H2,2H3/b14-7+. The second kappa shape index (κ2) is 8.54. The van der Waals surface area contributed by atoms with Crippen LogP contribution >= 0.6 is 0 Å². The highest BCUT2D eigenvalue weighted by molar-refractivity contribution is 4.99. The van der Waals surface area contributed by atoms with Gasteiger partial charge >= 0.3 is 0 Å². The normalized spacial score (nSPS) is 19.4. The average Bonchev–Trinajstić information content (AvgIpc) is 2.55. The van der Waals surface area contributed by atoms with Gasteiger partial charge in [-0.15, -0.1) is 6.58 Å². The first-order chi connectivity index (χ1) is 7.83. The molecule has 92 valence electrons. The molecule has 1 heterocycles. The summed E-state index contributed by atoms with van der Waals surface area (Å²) >= 11 is 0. The van der Waals surface area contributed by atoms with Crippen molar-refractivity contribution in [2.75, 3.05) is 32.7 Å². The van der Waals surface area contributed by atoms with Gasteiger partial charge in [0.2, 0.25) is 0 Å². The Kier molecular flexibility index (Phi) is 7.19. The molecule has 0 unspecified atom stereocenters. The van der Waals surface area contributed by atoms with Crippen molar-refractivity contribution in [1.29, 1.82) is 0 Å². The smallest absolute Gasteiger partial charge is 0.0107 e. The molecule has 0 aliphatic carbocycles. The molecule has 1 aliphatic rings. The van der Waals surface area contributed by atoms with Crippen molar-refractivity contribution in [2.24, 2.45) is 0 Å². The first kappa shape index (κ1) is 13.5. The molecule has 0 aromatic rings. The van der Waals surface area contributed by atoms with Gasteiger partial charge in [-0.05, 0) is 45.7 Å². The number of hydrogen-bond donors (Lipinski definition) is 1. The molecular formula is C14H26N2. The van der Waals surface area contributed by atoms with Crippen LogP contribution in [0.25, 0.3) is 0 Å². The third kappa shape index (κ3) is 6.09. The Morgan fingerprint density at radius 3 is 3.00 bits per heavy atom. The van der Waals surface area contributed by atoms with Gasteiger partial charge in [-0.1, -0.05) is 17.7 Å². The zero-order valence-electron chi connectivity index (χ0n) is 10.7. The van der Waals surface area contributed by atoms with Crippen LogP contribution in [-0.4, -0.2) is 37.6 Å². The highest BCUT2D eigenvalue weighted by Crippen LogP contribution is 2.06. The Balaban J connectivity index is 2.16. The molecule has 0 aromatic heterocycles. The maximum Gasteiger partial charge on any atom is 0.0107 e. The van der Waals surface area contributed by atoms with Gasteiger partial charge in [-0.2, -0.15) is 0 Å². The zero-order chi connectivity index (χ0) is 11.6. The maximum absolute atomic E-state index is 3.74. The Hall–Kier alpha value is -0.600. The largest absolute Gasteiger partial charge is 0.315 e. The van der Waals surface area contributed by atoms with E-state index in [1.54, 1.807) is 0 Å². The van der Waals surface area contributed by atoms with Crippen molar-refractivity contribution < 1.29 is 0 Å². The maximum atomic E-state index is 3.74. The minimum absolute atomic E-state index is 1.10. The van der Waals surface area contributed by atoms with E-state index in [1.807, 2.05) is 6.08 Å². The van der Waals surface area contributed by atoms with E-state index in [0.717, 1.165) is 19.4 Å². The van der Waals surface area contributed by atoms with Gasteiger partial charge < -0.3 is 10.2 Å². The summed E-state index contributed by atoms with van der Waals surface area (Å²) in [5.74, 6) is 0. The van der Waals surface area contributed by atoms with Crippen LogP contribution in [0, 0.1) is 0 Å². The fourth-order valence-corrected chi connectivity index (χ4v) is 2.01. The van der Waals surface area contributed by atoms with Crippen LogP contribution in [-0.2, 0) is 0 Å². The minimum Gasteiger partial charge on any atom is -0.315 e. The van der Waals surface area contributed by atoms with Gasteiger partial charge in [-0.25, -0.2) is 0 Å². The average molecular weight is 222 g/mol. The van der Waals surface area contributed by atoms with Crippen molar-refractivity contribution in [3.8, 4) is 0 Å². The first-order valence-electron chi connectivity index (χ1n) is 6.52. The number of unbranched alkanes of at least 4 members (excludes halogenated alkanes) is 1. The Morgan fingerprint density at radius 2 is 2.19 bits per heavy atom. The van der Waals surface area contributed by atoms with Crippen molar-refractivity contribution in [2.45, 2.75) is 32.6 Å². The first-order valence-corrected chi connectivity index (χ1v) is 6.52. The molecular weight excluding hydrogens is 196 g/mol. The molecule has 2 heteroatoms. The van der Waals surface area contributed by atoms with Crippen LogP contribution < -0.4 is 5.32 Å². The molecule has 1 aliphatic heterocycles. The lowest BCUT2D eigenvalue weighted by Crippen LogP contribution is -2.29. The van der Waals surface area contributed by atoms with Gasteiger partial charge in [0.15, 0.2) is 0 Å². The zero-order valence-corrected chi connectivity index (χ0v) is 10.7. The third-order valence-electron chi connectivity index (χ3n) is 3.12. The van der Waals surface area contributed by atoms with Gasteiger partial charge in [0.05, 0.1) is 0 Å². The Morgan fingerprint density at radius 1 is 1.31 bits per heavy atom. The summed E-state index contributed by atoms with van der Waals surface area (Å²) < 4.78 is 0. The highest BCUT2D eigenvalue weighted by Gasteiger charge is 2.07. The topological polar surface area (TPSA) is 15.3 Å². The second-order valence-electron chi connectivity index (χ2n) is 4.61. The predicted molar refractivity (Wildman–Crippen MR) is 71.7 cm³/mol. The molecule has 0 atom stereocenters. The fraction of sp³-hybridized carbons (Fsp3) is 0.714. The van der Waals surface area contributed by atoms with Crippen LogP contribution in [0.4, 0.5) is 0 Å². The van der Waals surface area contributed by atoms with Crippen molar-refractivity contribution in [1.82, 2.24) is 10.2 Å². The Bertz CT molecular complexity index is 213. The van der Waals surface area contributed by atoms with E-state index in [-0.39, 0.29) is 0 Å². The second-order valence-corrected chi connectivity index (χ2v) is 4.61. The van der Waals surface area contributed by atoms with Crippen LogP contribution in [0.5, 0.6) is 0 Å². The molecule has 1 saturated heterocycles. The predicted octanol–water partition coefficient (Wildman–Crippen LogP) is 2.58. The SMILES string of the molecule is C=CCC/C=C(\C)CCN1CCCNCC1. The molecule has 0 amide bonds. The van der Waals surface area contributed by atoms with Crippen LogP contribution in [0.2, 0.25) is 0 Å². The van der Waals surface area contributed by atoms with Crippen LogP contribution in [0.1, 0.15) is 32.6 Å². The molecule has 0 spiro atoms. The molecule has 1 N–H and O–H groups in total. The molecule has 1 fully saturated rings. The summed E-state index contributed by atoms with van der Waals surface area (Å²) in [4.78, 5) is 2.57. The van der Waals surface area contributed by atoms with E-state index in [1.165, 1.54) is 44.6 Å². The van der Waals surface area contributed by atoms with Gasteiger partial charge in [0, 0.05) is 19.6 Å². The summed E-state index contributed by atoms with van der Waals surface area (Å²) in [6.07, 6.45) is 9.11. The van der Waals surface area contributed by atoms with E-state index < -0.39 is 0 Å². The minimum atomic E-state index is 1.10. The Labute approximate surface area is 100 Å². The lowest BCUT2D eigenvalue weighted by molar-refractivity contribution is 0.296. The number of nitrogens with zero attached hydrogens (tertiary/aromatic N) is 1. The quantitative estimate of drug-likeness (QED) is 0.549. The van der Waals surface area contributed by atoms with Crippen LogP contribution in [0.15, 0.2) is 24.3 Å². The summed E-state index contributed by atoms with van der Waals surface area (Å²) in [6.45, 7) is 12.0. The monoisotopic (exact) mass is 222 g/mol. The summed E-state index contributed by atoms with van der Waals surface area (Å²) in [5.41, 5.74) is 1.53. The highest BCUT2D eigenvalue weighted by atomic mass is 15.1.